The van der Waals surface area contributed by atoms with Gasteiger partial charge in [-0.25, -0.2) is 12.7 Å². The zero-order valence-electron chi connectivity index (χ0n) is 13.7. The molecule has 2 fully saturated rings. The predicted molar refractivity (Wildman–Crippen MR) is 89.5 cm³/mol. The van der Waals surface area contributed by atoms with Crippen LogP contribution in [0.1, 0.15) is 32.1 Å². The van der Waals surface area contributed by atoms with Gasteiger partial charge in [0, 0.05) is 26.2 Å². The molecule has 2 aliphatic carbocycles. The lowest BCUT2D eigenvalue weighted by Gasteiger charge is -2.21. The van der Waals surface area contributed by atoms with E-state index in [4.69, 9.17) is 0 Å². The van der Waals surface area contributed by atoms with Crippen molar-refractivity contribution < 1.29 is 13.2 Å². The topological polar surface area (TPSA) is 66.5 Å². The Morgan fingerprint density at radius 3 is 2.39 bits per heavy atom. The number of fused-ring (bicyclic) bond motifs is 2. The van der Waals surface area contributed by atoms with Gasteiger partial charge in [-0.1, -0.05) is 6.42 Å². The number of sulfonamides is 1. The zero-order chi connectivity index (χ0) is 16.6. The van der Waals surface area contributed by atoms with Gasteiger partial charge in [0.15, 0.2) is 0 Å². The van der Waals surface area contributed by atoms with E-state index < -0.39 is 10.0 Å². The first-order chi connectivity index (χ1) is 10.9. The maximum atomic E-state index is 12.2. The molecule has 1 aromatic rings. The van der Waals surface area contributed by atoms with Crippen LogP contribution in [0.2, 0.25) is 0 Å². The van der Waals surface area contributed by atoms with Gasteiger partial charge in [-0.2, -0.15) is 0 Å². The molecule has 0 radical (unpaired) electrons. The van der Waals surface area contributed by atoms with E-state index in [2.05, 4.69) is 5.32 Å². The molecule has 2 bridgehead atoms. The quantitative estimate of drug-likeness (QED) is 0.899. The Morgan fingerprint density at radius 1 is 1.17 bits per heavy atom. The first kappa shape index (κ1) is 16.5. The summed E-state index contributed by atoms with van der Waals surface area (Å²) in [6, 6.07) is 6.36. The van der Waals surface area contributed by atoms with Crippen molar-refractivity contribution in [3.05, 3.63) is 24.3 Å². The van der Waals surface area contributed by atoms with Gasteiger partial charge >= 0.3 is 0 Å². The molecule has 0 saturated heterocycles. The Bertz CT molecular complexity index is 682. The van der Waals surface area contributed by atoms with E-state index in [-0.39, 0.29) is 10.8 Å². The fourth-order valence-electron chi connectivity index (χ4n) is 4.00. The highest BCUT2D eigenvalue weighted by atomic mass is 32.2. The van der Waals surface area contributed by atoms with E-state index in [0.29, 0.717) is 18.0 Å². The average Bonchev–Trinajstić information content (AvgIpc) is 3.10. The van der Waals surface area contributed by atoms with E-state index in [9.17, 15) is 13.2 Å². The van der Waals surface area contributed by atoms with Crippen molar-refractivity contribution >= 4 is 21.6 Å². The van der Waals surface area contributed by atoms with Crippen LogP contribution in [-0.4, -0.2) is 32.7 Å². The number of nitrogens with one attached hydrogen (secondary N) is 1. The van der Waals surface area contributed by atoms with E-state index >= 15 is 0 Å². The lowest BCUT2D eigenvalue weighted by molar-refractivity contribution is -0.117. The van der Waals surface area contributed by atoms with Crippen LogP contribution in [0, 0.1) is 17.8 Å². The zero-order valence-corrected chi connectivity index (χ0v) is 14.5. The molecule has 1 amide bonds. The predicted octanol–water partition coefficient (Wildman–Crippen LogP) is 2.70. The van der Waals surface area contributed by atoms with Crippen molar-refractivity contribution in [3.63, 3.8) is 0 Å². The third-order valence-electron chi connectivity index (χ3n) is 5.25. The van der Waals surface area contributed by atoms with Gasteiger partial charge < -0.3 is 5.32 Å². The summed E-state index contributed by atoms with van der Waals surface area (Å²) in [5.74, 6) is 2.14. The summed E-state index contributed by atoms with van der Waals surface area (Å²) in [6.45, 7) is 0. The van der Waals surface area contributed by atoms with Gasteiger partial charge in [-0.05, 0) is 61.3 Å². The molecule has 0 heterocycles. The van der Waals surface area contributed by atoms with Crippen molar-refractivity contribution in [2.24, 2.45) is 17.8 Å². The molecule has 3 rings (SSSR count). The number of hydrogen-bond donors (Lipinski definition) is 1. The summed E-state index contributed by atoms with van der Waals surface area (Å²) >= 11 is 0. The van der Waals surface area contributed by atoms with Crippen LogP contribution in [0.4, 0.5) is 5.69 Å². The molecular weight excluding hydrogens is 312 g/mol. The second-order valence-corrected chi connectivity index (χ2v) is 9.15. The number of carbonyl (C=O) groups excluding carboxylic acids is 1. The van der Waals surface area contributed by atoms with Crippen LogP contribution in [-0.2, 0) is 14.8 Å². The third kappa shape index (κ3) is 3.43. The molecule has 23 heavy (non-hydrogen) atoms. The number of hydrogen-bond acceptors (Lipinski definition) is 3. The normalized spacial score (nSPS) is 26.7. The standard InChI is InChI=1S/C17H24N2O3S/c1-19(2)23(21,22)16-7-5-15(6-8-16)18-17(20)11-14-10-12-3-4-13(14)9-12/h5-8,12-14H,3-4,9-11H2,1-2H3,(H,18,20)/t12-,13-,14-/m1/s1. The van der Waals surface area contributed by atoms with Crippen molar-refractivity contribution in [1.29, 1.82) is 0 Å². The lowest BCUT2D eigenvalue weighted by atomic mass is 9.86. The average molecular weight is 336 g/mol. The summed E-state index contributed by atoms with van der Waals surface area (Å²) in [6.07, 6.45) is 5.69. The minimum atomic E-state index is -3.43. The van der Waals surface area contributed by atoms with Crippen molar-refractivity contribution in [2.75, 3.05) is 19.4 Å². The van der Waals surface area contributed by atoms with Crippen LogP contribution < -0.4 is 5.32 Å². The molecule has 1 N–H and O–H groups in total. The molecule has 1 aromatic carbocycles. The second-order valence-electron chi connectivity index (χ2n) is 7.00. The molecule has 6 heteroatoms. The Morgan fingerprint density at radius 2 is 1.87 bits per heavy atom. The fraction of sp³-hybridized carbons (Fsp3) is 0.588. The summed E-state index contributed by atoms with van der Waals surface area (Å²) in [7, 11) is -0.425. The van der Waals surface area contributed by atoms with Gasteiger partial charge in [-0.15, -0.1) is 0 Å². The van der Waals surface area contributed by atoms with Gasteiger partial charge in [0.05, 0.1) is 4.90 Å². The Labute approximate surface area is 138 Å². The van der Waals surface area contributed by atoms with Crippen LogP contribution in [0.3, 0.4) is 0 Å². The molecule has 0 unspecified atom stereocenters. The molecule has 0 aliphatic heterocycles. The highest BCUT2D eigenvalue weighted by molar-refractivity contribution is 7.89. The van der Waals surface area contributed by atoms with Crippen LogP contribution in [0.25, 0.3) is 0 Å². The van der Waals surface area contributed by atoms with E-state index in [1.165, 1.54) is 56.2 Å². The largest absolute Gasteiger partial charge is 0.326 e. The van der Waals surface area contributed by atoms with E-state index in [1.54, 1.807) is 12.1 Å². The maximum Gasteiger partial charge on any atom is 0.242 e. The molecule has 2 saturated carbocycles. The monoisotopic (exact) mass is 336 g/mol. The Balaban J connectivity index is 1.59. The van der Waals surface area contributed by atoms with Crippen LogP contribution in [0.15, 0.2) is 29.2 Å². The number of benzene rings is 1. The SMILES string of the molecule is CN(C)S(=O)(=O)c1ccc(NC(=O)C[C@H]2C[C@@H]3CC[C@@H]2C3)cc1. The van der Waals surface area contributed by atoms with Gasteiger partial charge in [0.2, 0.25) is 15.9 Å². The summed E-state index contributed by atoms with van der Waals surface area (Å²) in [5.41, 5.74) is 0.649. The van der Waals surface area contributed by atoms with Crippen molar-refractivity contribution in [1.82, 2.24) is 4.31 Å². The second kappa shape index (κ2) is 6.24. The number of carbonyl (C=O) groups is 1. The van der Waals surface area contributed by atoms with Crippen molar-refractivity contribution in [3.8, 4) is 0 Å². The summed E-state index contributed by atoms with van der Waals surface area (Å²) in [4.78, 5) is 12.4. The van der Waals surface area contributed by atoms with E-state index in [0.717, 1.165) is 11.8 Å². The minimum Gasteiger partial charge on any atom is -0.326 e. The summed E-state index contributed by atoms with van der Waals surface area (Å²) < 4.78 is 25.2. The highest BCUT2D eigenvalue weighted by Crippen LogP contribution is 2.49. The van der Waals surface area contributed by atoms with Crippen molar-refractivity contribution in [2.45, 2.75) is 37.0 Å². The van der Waals surface area contributed by atoms with E-state index in [1.807, 2.05) is 0 Å². The Kier molecular flexibility index (Phi) is 4.47. The first-order valence-corrected chi connectivity index (χ1v) is 9.62. The number of anilines is 1. The number of amides is 1. The fourth-order valence-corrected chi connectivity index (χ4v) is 4.90. The molecule has 0 aromatic heterocycles. The Hall–Kier alpha value is -1.40. The lowest BCUT2D eigenvalue weighted by Crippen LogP contribution is -2.22. The molecule has 0 spiro atoms. The minimum absolute atomic E-state index is 0.0331. The maximum absolute atomic E-state index is 12.2. The van der Waals surface area contributed by atoms with Gasteiger partial charge in [0.1, 0.15) is 0 Å². The molecule has 2 aliphatic rings. The smallest absolute Gasteiger partial charge is 0.242 e. The number of nitrogens with zero attached hydrogens (tertiary/aromatic N) is 1. The van der Waals surface area contributed by atoms with Crippen LogP contribution in [0.5, 0.6) is 0 Å². The molecular formula is C17H24N2O3S. The number of rotatable bonds is 5. The first-order valence-electron chi connectivity index (χ1n) is 8.18. The highest BCUT2D eigenvalue weighted by Gasteiger charge is 2.40. The van der Waals surface area contributed by atoms with Gasteiger partial charge in [0.25, 0.3) is 0 Å². The molecule has 126 valence electrons. The molecule has 5 nitrogen and oxygen atoms in total. The van der Waals surface area contributed by atoms with Gasteiger partial charge in [-0.3, -0.25) is 4.79 Å². The third-order valence-corrected chi connectivity index (χ3v) is 7.08. The van der Waals surface area contributed by atoms with Crippen LogP contribution >= 0.6 is 0 Å². The molecule has 3 atom stereocenters. The summed E-state index contributed by atoms with van der Waals surface area (Å²) in [5, 5.41) is 2.89.